The highest BCUT2D eigenvalue weighted by Crippen LogP contribution is 2.60. The molecule has 0 bridgehead atoms. The number of rotatable bonds is 2. The largest absolute Gasteiger partial charge is 0.455 e. The van der Waals surface area contributed by atoms with Gasteiger partial charge in [-0.1, -0.05) is 79.2 Å². The second-order valence-corrected chi connectivity index (χ2v) is 10.9. The molecule has 1 fully saturated rings. The van der Waals surface area contributed by atoms with Crippen molar-refractivity contribution in [2.45, 2.75) is 24.7 Å². The average molecular weight is 515 g/mol. The second-order valence-electron chi connectivity index (χ2n) is 10.9. The van der Waals surface area contributed by atoms with Crippen LogP contribution < -0.4 is 9.64 Å². The number of fused-ring (bicyclic) bond motifs is 10. The highest BCUT2D eigenvalue weighted by Gasteiger charge is 2.58. The van der Waals surface area contributed by atoms with Gasteiger partial charge in [-0.2, -0.15) is 0 Å². The number of hydrogen-bond donors (Lipinski definition) is 0. The highest BCUT2D eigenvalue weighted by molar-refractivity contribution is 6.16. The molecule has 5 aromatic carbocycles. The first-order valence-corrected chi connectivity index (χ1v) is 13.7. The minimum atomic E-state index is -1.22. The number of nitrogens with zero attached hydrogens (tertiary/aromatic N) is 2. The van der Waals surface area contributed by atoms with Gasteiger partial charge in [-0.25, -0.2) is 4.39 Å². The predicted molar refractivity (Wildman–Crippen MR) is 152 cm³/mol. The number of benzene rings is 5. The molecule has 3 aliphatic rings. The standard InChI is InChI=1S/C34H27FN2O2/c35-24-14-17-30-29(20-24)34(33(38)37(30)21-36-18-6-1-7-19-36)27-15-12-22-8-2-4-10-25(22)31(27)39-32-26-11-5-3-9-23(26)13-16-28(32)34/h2-5,8-17,20H,1,6-7,18-19,21H2. The van der Waals surface area contributed by atoms with Gasteiger partial charge in [-0.15, -0.1) is 0 Å². The van der Waals surface area contributed by atoms with Crippen molar-refractivity contribution >= 4 is 33.1 Å². The Kier molecular flexibility index (Phi) is 4.89. The van der Waals surface area contributed by atoms with Crippen LogP contribution in [0.2, 0.25) is 0 Å². The number of halogens is 1. The zero-order valence-electron chi connectivity index (χ0n) is 21.5. The van der Waals surface area contributed by atoms with Crippen LogP contribution in [0.4, 0.5) is 10.1 Å². The molecule has 0 saturated carbocycles. The molecule has 192 valence electrons. The Balaban J connectivity index is 1.46. The quantitative estimate of drug-likeness (QED) is 0.247. The van der Waals surface area contributed by atoms with Crippen LogP contribution in [0.1, 0.15) is 36.0 Å². The molecule has 1 amide bonds. The molecule has 39 heavy (non-hydrogen) atoms. The fourth-order valence-electron chi connectivity index (χ4n) is 6.98. The van der Waals surface area contributed by atoms with E-state index >= 15 is 9.18 Å². The van der Waals surface area contributed by atoms with Crippen molar-refractivity contribution in [2.75, 3.05) is 24.7 Å². The molecule has 0 unspecified atom stereocenters. The molecule has 0 aliphatic carbocycles. The number of likely N-dealkylation sites (tertiary alicyclic amines) is 1. The van der Waals surface area contributed by atoms with Crippen molar-refractivity contribution in [3.63, 3.8) is 0 Å². The van der Waals surface area contributed by atoms with Crippen LogP contribution in [0, 0.1) is 5.82 Å². The summed E-state index contributed by atoms with van der Waals surface area (Å²) in [5.74, 6) is 0.933. The lowest BCUT2D eigenvalue weighted by molar-refractivity contribution is -0.121. The summed E-state index contributed by atoms with van der Waals surface area (Å²) in [5, 5.41) is 3.94. The normalized spacial score (nSPS) is 17.8. The molecule has 8 rings (SSSR count). The molecule has 0 atom stereocenters. The van der Waals surface area contributed by atoms with Gasteiger partial charge in [-0.05, 0) is 54.9 Å². The average Bonchev–Trinajstić information content (AvgIpc) is 3.20. The first-order chi connectivity index (χ1) is 19.2. The third kappa shape index (κ3) is 3.11. The molecule has 0 radical (unpaired) electrons. The molecular weight excluding hydrogens is 487 g/mol. The molecule has 4 nitrogen and oxygen atoms in total. The van der Waals surface area contributed by atoms with Gasteiger partial charge < -0.3 is 4.74 Å². The van der Waals surface area contributed by atoms with Crippen LogP contribution in [-0.4, -0.2) is 30.6 Å². The van der Waals surface area contributed by atoms with Gasteiger partial charge in [0.15, 0.2) is 0 Å². The smallest absolute Gasteiger partial charge is 0.248 e. The topological polar surface area (TPSA) is 32.8 Å². The molecular formula is C34H27FN2O2. The van der Waals surface area contributed by atoms with Crippen LogP contribution in [0.25, 0.3) is 21.5 Å². The number of amides is 1. The fourth-order valence-corrected chi connectivity index (χ4v) is 6.98. The van der Waals surface area contributed by atoms with E-state index in [1.165, 1.54) is 12.5 Å². The predicted octanol–water partition coefficient (Wildman–Crippen LogP) is 7.36. The molecule has 5 aromatic rings. The summed E-state index contributed by atoms with van der Waals surface area (Å²) < 4.78 is 21.9. The van der Waals surface area contributed by atoms with E-state index in [0.29, 0.717) is 23.7 Å². The molecule has 1 saturated heterocycles. The van der Waals surface area contributed by atoms with E-state index < -0.39 is 5.41 Å². The lowest BCUT2D eigenvalue weighted by Crippen LogP contribution is -2.48. The van der Waals surface area contributed by atoms with Gasteiger partial charge in [0.25, 0.3) is 0 Å². The van der Waals surface area contributed by atoms with Gasteiger partial charge >= 0.3 is 0 Å². The summed E-state index contributed by atoms with van der Waals surface area (Å²) >= 11 is 0. The van der Waals surface area contributed by atoms with Crippen LogP contribution in [-0.2, 0) is 10.2 Å². The maximum atomic E-state index is 15.1. The van der Waals surface area contributed by atoms with Gasteiger partial charge in [0.2, 0.25) is 5.91 Å². The van der Waals surface area contributed by atoms with Crippen molar-refractivity contribution in [1.82, 2.24) is 4.90 Å². The number of anilines is 1. The first kappa shape index (κ1) is 22.7. The van der Waals surface area contributed by atoms with Crippen LogP contribution in [0.15, 0.2) is 91.0 Å². The molecule has 1 spiro atoms. The molecule has 3 aliphatic heterocycles. The molecule has 5 heteroatoms. The Morgan fingerprint density at radius 1 is 0.718 bits per heavy atom. The van der Waals surface area contributed by atoms with E-state index in [9.17, 15) is 0 Å². The fraction of sp³-hybridized carbons (Fsp3) is 0.206. The number of piperidine rings is 1. The Morgan fingerprint density at radius 2 is 1.33 bits per heavy atom. The Morgan fingerprint density at radius 3 is 1.97 bits per heavy atom. The number of carbonyl (C=O) groups is 1. The molecule has 3 heterocycles. The zero-order chi connectivity index (χ0) is 26.1. The monoisotopic (exact) mass is 514 g/mol. The maximum Gasteiger partial charge on any atom is 0.248 e. The number of carbonyl (C=O) groups excluding carboxylic acids is 1. The van der Waals surface area contributed by atoms with Crippen LogP contribution in [0.3, 0.4) is 0 Å². The van der Waals surface area contributed by atoms with Gasteiger partial charge in [-0.3, -0.25) is 14.6 Å². The zero-order valence-corrected chi connectivity index (χ0v) is 21.5. The van der Waals surface area contributed by atoms with Crippen molar-refractivity contribution in [3.05, 3.63) is 114 Å². The highest BCUT2D eigenvalue weighted by atomic mass is 19.1. The van der Waals surface area contributed by atoms with E-state index in [-0.39, 0.29) is 11.7 Å². The van der Waals surface area contributed by atoms with E-state index in [0.717, 1.165) is 64.3 Å². The van der Waals surface area contributed by atoms with Crippen molar-refractivity contribution < 1.29 is 13.9 Å². The van der Waals surface area contributed by atoms with Gasteiger partial charge in [0.05, 0.1) is 12.4 Å². The summed E-state index contributed by atoms with van der Waals surface area (Å²) in [6.07, 6.45) is 3.47. The Hall–Kier alpha value is -4.22. The van der Waals surface area contributed by atoms with Gasteiger partial charge in [0.1, 0.15) is 22.7 Å². The second kappa shape index (κ2) is 8.39. The van der Waals surface area contributed by atoms with E-state index in [2.05, 4.69) is 17.0 Å². The minimum absolute atomic E-state index is 0.0509. The SMILES string of the molecule is O=C1N(CN2CCCCC2)c2ccc(F)cc2C12c1ccc3ccccc3c1Oc1c2ccc2ccccc12. The first-order valence-electron chi connectivity index (χ1n) is 13.7. The van der Waals surface area contributed by atoms with Gasteiger partial charge in [0, 0.05) is 27.5 Å². The maximum absolute atomic E-state index is 15.1. The van der Waals surface area contributed by atoms with Crippen LogP contribution >= 0.6 is 0 Å². The summed E-state index contributed by atoms with van der Waals surface area (Å²) in [4.78, 5) is 19.3. The molecule has 0 aromatic heterocycles. The lowest BCUT2D eigenvalue weighted by atomic mass is 9.67. The van der Waals surface area contributed by atoms with Crippen LogP contribution in [0.5, 0.6) is 11.5 Å². The Labute approximate surface area is 226 Å². The number of ether oxygens (including phenoxy) is 1. The van der Waals surface area contributed by atoms with Crippen molar-refractivity contribution in [1.29, 1.82) is 0 Å². The third-order valence-electron chi connectivity index (χ3n) is 8.78. The summed E-state index contributed by atoms with van der Waals surface area (Å²) in [6, 6.07) is 29.1. The summed E-state index contributed by atoms with van der Waals surface area (Å²) in [5.41, 5.74) is 1.77. The van der Waals surface area contributed by atoms with Crippen molar-refractivity contribution in [3.8, 4) is 11.5 Å². The van der Waals surface area contributed by atoms with E-state index in [1.54, 1.807) is 12.1 Å². The number of hydrogen-bond acceptors (Lipinski definition) is 3. The summed E-state index contributed by atoms with van der Waals surface area (Å²) in [7, 11) is 0. The Bertz CT molecular complexity index is 1720. The van der Waals surface area contributed by atoms with E-state index in [4.69, 9.17) is 4.74 Å². The lowest BCUT2D eigenvalue weighted by Gasteiger charge is -2.38. The third-order valence-corrected chi connectivity index (χ3v) is 8.78. The van der Waals surface area contributed by atoms with E-state index in [1.807, 2.05) is 65.6 Å². The minimum Gasteiger partial charge on any atom is -0.455 e. The van der Waals surface area contributed by atoms with Crippen molar-refractivity contribution in [2.24, 2.45) is 0 Å². The molecule has 0 N–H and O–H groups in total. The summed E-state index contributed by atoms with van der Waals surface area (Å²) in [6.45, 7) is 2.41.